The van der Waals surface area contributed by atoms with Crippen molar-refractivity contribution in [1.29, 1.82) is 10.7 Å². The Morgan fingerprint density at radius 2 is 2.02 bits per heavy atom. The average molecular weight is 591 g/mol. The Hall–Kier alpha value is -4.24. The van der Waals surface area contributed by atoms with Gasteiger partial charge in [0.2, 0.25) is 0 Å². The molecule has 0 radical (unpaired) electrons. The van der Waals surface area contributed by atoms with Crippen molar-refractivity contribution in [1.82, 2.24) is 14.7 Å². The summed E-state index contributed by atoms with van der Waals surface area (Å²) < 4.78 is 97.1. The third kappa shape index (κ3) is 5.70. The number of hydrogen-bond acceptors (Lipinski definition) is 6. The molecule has 16 heteroatoms. The lowest BCUT2D eigenvalue weighted by atomic mass is 10.0. The van der Waals surface area contributed by atoms with E-state index in [4.69, 9.17) is 23.4 Å². The van der Waals surface area contributed by atoms with Crippen LogP contribution in [0.3, 0.4) is 0 Å². The fraction of sp³-hybridized carbons (Fsp3) is 0.333. The number of allylic oxidation sites excluding steroid dienone is 1. The van der Waals surface area contributed by atoms with E-state index in [1.165, 1.54) is 23.1 Å². The van der Waals surface area contributed by atoms with Crippen LogP contribution in [0.5, 0.6) is 5.75 Å². The topological polar surface area (TPSA) is 107 Å². The maximum Gasteiger partial charge on any atom is 0.459 e. The van der Waals surface area contributed by atoms with E-state index in [2.05, 4.69) is 27.1 Å². The molecule has 212 valence electrons. The predicted octanol–water partition coefficient (Wildman–Crippen LogP) is 5.56. The zero-order chi connectivity index (χ0) is 30.0. The van der Waals surface area contributed by atoms with E-state index in [1.807, 2.05) is 0 Å². The normalized spacial score (nSPS) is 14.8. The van der Waals surface area contributed by atoms with Gasteiger partial charge in [-0.05, 0) is 30.5 Å². The molecule has 1 aliphatic rings. The number of aromatic nitrogens is 2. The minimum Gasteiger partial charge on any atom is -0.429 e. The number of nitrogens with zero attached hydrogens (tertiary/aromatic N) is 4. The number of alkyl halides is 7. The molecule has 2 aromatic rings. The monoisotopic (exact) mass is 590 g/mol. The second-order valence-corrected chi connectivity index (χ2v) is 8.83. The van der Waals surface area contributed by atoms with E-state index >= 15 is 0 Å². The van der Waals surface area contributed by atoms with Crippen LogP contribution in [0, 0.1) is 29.1 Å². The van der Waals surface area contributed by atoms with Gasteiger partial charge in [-0.2, -0.15) is 41.1 Å². The van der Waals surface area contributed by atoms with E-state index in [-0.39, 0.29) is 28.3 Å². The molecule has 0 saturated heterocycles. The number of amides is 1. The highest BCUT2D eigenvalue weighted by Gasteiger charge is 2.62. The predicted molar refractivity (Wildman–Crippen MR) is 129 cm³/mol. The van der Waals surface area contributed by atoms with Crippen molar-refractivity contribution in [2.24, 2.45) is 7.05 Å². The van der Waals surface area contributed by atoms with Crippen molar-refractivity contribution in [2.45, 2.75) is 37.1 Å². The number of rotatable bonds is 10. The second kappa shape index (κ2) is 11.1. The fourth-order valence-electron chi connectivity index (χ4n) is 3.64. The molecule has 3 rings (SSSR count). The van der Waals surface area contributed by atoms with Gasteiger partial charge in [-0.25, -0.2) is 4.68 Å². The minimum atomic E-state index is -6.17. The summed E-state index contributed by atoms with van der Waals surface area (Å²) in [5.41, 5.74) is -3.27. The number of nitriles is 1. The van der Waals surface area contributed by atoms with Crippen molar-refractivity contribution >= 4 is 35.1 Å². The van der Waals surface area contributed by atoms with Crippen molar-refractivity contribution in [3.63, 3.8) is 0 Å². The Bertz CT molecular complexity index is 1430. The molecule has 1 aliphatic carbocycles. The number of terminal acetylenes is 1. The van der Waals surface area contributed by atoms with Gasteiger partial charge in [0, 0.05) is 25.0 Å². The summed E-state index contributed by atoms with van der Waals surface area (Å²) in [5, 5.41) is 22.5. The van der Waals surface area contributed by atoms with Crippen LogP contribution < -0.4 is 10.1 Å². The smallest absolute Gasteiger partial charge is 0.429 e. The third-order valence-corrected chi connectivity index (χ3v) is 6.19. The Balaban J connectivity index is 2.03. The van der Waals surface area contributed by atoms with Crippen molar-refractivity contribution in [2.75, 3.05) is 11.9 Å². The highest BCUT2D eigenvalue weighted by Crippen LogP contribution is 2.49. The number of halogens is 8. The standard InChI is InChI=1S/C24H18ClF7N6O2/c1-3-8-38(22(12-34)6-7-22)20(39)15-9-13(4-5-16(15)25)14(10-33)11-35-19-17(40-21(26)27)18(36-37(19)2)23(28,29)24(30,31)32/h1,4-5,9-11,21,33,35H,6-8H2,2H3/b14-11+,33-10?. The maximum absolute atomic E-state index is 14.0. The van der Waals surface area contributed by atoms with Crippen LogP contribution in [-0.4, -0.2) is 51.7 Å². The highest BCUT2D eigenvalue weighted by molar-refractivity contribution is 6.34. The minimum absolute atomic E-state index is 0.0277. The Morgan fingerprint density at radius 1 is 1.38 bits per heavy atom. The fourth-order valence-corrected chi connectivity index (χ4v) is 3.84. The summed E-state index contributed by atoms with van der Waals surface area (Å²) in [6, 6.07) is 5.93. The Kier molecular flexibility index (Phi) is 8.40. The van der Waals surface area contributed by atoms with E-state index < -0.39 is 47.4 Å². The first kappa shape index (κ1) is 30.3. The number of carbonyl (C=O) groups excluding carboxylic acids is 1. The van der Waals surface area contributed by atoms with Crippen LogP contribution >= 0.6 is 11.6 Å². The molecule has 1 fully saturated rings. The molecule has 40 heavy (non-hydrogen) atoms. The zero-order valence-electron chi connectivity index (χ0n) is 20.3. The van der Waals surface area contributed by atoms with Crippen molar-refractivity contribution in [3.05, 3.63) is 46.2 Å². The van der Waals surface area contributed by atoms with Gasteiger partial charge in [-0.1, -0.05) is 23.6 Å². The van der Waals surface area contributed by atoms with Crippen LogP contribution in [0.1, 0.15) is 34.5 Å². The van der Waals surface area contributed by atoms with Gasteiger partial charge in [0.05, 0.1) is 23.2 Å². The maximum atomic E-state index is 14.0. The second-order valence-electron chi connectivity index (χ2n) is 8.42. The summed E-state index contributed by atoms with van der Waals surface area (Å²) in [6.45, 7) is -3.97. The molecule has 1 aromatic carbocycles. The quantitative estimate of drug-likeness (QED) is 0.214. The van der Waals surface area contributed by atoms with Gasteiger partial charge in [-0.15, -0.1) is 6.42 Å². The van der Waals surface area contributed by atoms with Crippen LogP contribution in [0.15, 0.2) is 24.4 Å². The summed E-state index contributed by atoms with van der Waals surface area (Å²) in [4.78, 5) is 14.4. The molecule has 0 bridgehead atoms. The van der Waals surface area contributed by atoms with E-state index in [9.17, 15) is 40.8 Å². The highest BCUT2D eigenvalue weighted by atomic mass is 35.5. The molecule has 0 aliphatic heterocycles. The zero-order valence-corrected chi connectivity index (χ0v) is 21.0. The number of benzene rings is 1. The lowest BCUT2D eigenvalue weighted by Gasteiger charge is -2.25. The number of aryl methyl sites for hydroxylation is 1. The molecule has 1 amide bonds. The number of ether oxygens (including phenoxy) is 1. The molecule has 1 aromatic heterocycles. The average Bonchev–Trinajstić information content (AvgIpc) is 3.61. The van der Waals surface area contributed by atoms with Crippen molar-refractivity contribution < 1.29 is 40.3 Å². The summed E-state index contributed by atoms with van der Waals surface area (Å²) in [5.74, 6) is -6.39. The van der Waals surface area contributed by atoms with Gasteiger partial charge in [-0.3, -0.25) is 4.79 Å². The van der Waals surface area contributed by atoms with E-state index in [0.29, 0.717) is 17.5 Å². The summed E-state index contributed by atoms with van der Waals surface area (Å²) >= 11 is 6.21. The summed E-state index contributed by atoms with van der Waals surface area (Å²) in [6.07, 6.45) is 1.61. The van der Waals surface area contributed by atoms with E-state index in [0.717, 1.165) is 19.5 Å². The lowest BCUT2D eigenvalue weighted by Crippen LogP contribution is -2.41. The third-order valence-electron chi connectivity index (χ3n) is 5.86. The number of hydrogen-bond donors (Lipinski definition) is 2. The molecular formula is C24H18ClF7N6O2. The van der Waals surface area contributed by atoms with Crippen LogP contribution in [0.4, 0.5) is 36.6 Å². The summed E-state index contributed by atoms with van der Waals surface area (Å²) in [7, 11) is 0.899. The Labute approximate surface area is 227 Å². The number of nitrogens with one attached hydrogen (secondary N) is 2. The van der Waals surface area contributed by atoms with E-state index in [1.54, 1.807) is 0 Å². The van der Waals surface area contributed by atoms with Gasteiger partial charge in [0.25, 0.3) is 5.91 Å². The van der Waals surface area contributed by atoms with Gasteiger partial charge in [0.1, 0.15) is 5.54 Å². The molecule has 0 spiro atoms. The van der Waals surface area contributed by atoms with Crippen LogP contribution in [-0.2, 0) is 13.0 Å². The molecule has 8 nitrogen and oxygen atoms in total. The lowest BCUT2D eigenvalue weighted by molar-refractivity contribution is -0.291. The molecule has 1 heterocycles. The largest absolute Gasteiger partial charge is 0.459 e. The van der Waals surface area contributed by atoms with Crippen LogP contribution in [0.2, 0.25) is 5.02 Å². The number of anilines is 1. The molecular weight excluding hydrogens is 573 g/mol. The van der Waals surface area contributed by atoms with Gasteiger partial charge >= 0.3 is 18.7 Å². The first-order valence-corrected chi connectivity index (χ1v) is 11.4. The van der Waals surface area contributed by atoms with Crippen molar-refractivity contribution in [3.8, 4) is 24.2 Å². The first-order chi connectivity index (χ1) is 18.6. The van der Waals surface area contributed by atoms with Gasteiger partial charge < -0.3 is 20.4 Å². The van der Waals surface area contributed by atoms with Gasteiger partial charge in [0.15, 0.2) is 17.3 Å². The number of carbonyl (C=O) groups is 1. The molecule has 1 saturated carbocycles. The Morgan fingerprint density at radius 3 is 2.52 bits per heavy atom. The molecule has 2 N–H and O–H groups in total. The molecule has 0 atom stereocenters. The van der Waals surface area contributed by atoms with Crippen LogP contribution in [0.25, 0.3) is 5.57 Å². The molecule has 0 unspecified atom stereocenters. The first-order valence-electron chi connectivity index (χ1n) is 11.0. The SMILES string of the molecule is C#CCN(C(=O)c1cc(/C(C=N)=C/Nc2c(OC(F)F)c(C(F)(F)C(F)(F)F)nn2C)ccc1Cl)C1(C#N)CC1.